The quantitative estimate of drug-likeness (QED) is 0.596. The SMILES string of the molecule is COc1cc2ccccc2cc1C(=O)NCCN1C(=O)S/C(=C\c2cccnc2)C1=O. The number of amides is 3. The Balaban J connectivity index is 1.42. The minimum absolute atomic E-state index is 0.0800. The van der Waals surface area contributed by atoms with Crippen molar-refractivity contribution in [1.29, 1.82) is 0 Å². The highest BCUT2D eigenvalue weighted by atomic mass is 32.2. The summed E-state index contributed by atoms with van der Waals surface area (Å²) in [6.45, 7) is 0.212. The van der Waals surface area contributed by atoms with Gasteiger partial charge in [0.1, 0.15) is 5.75 Å². The number of hydrogen-bond acceptors (Lipinski definition) is 6. The van der Waals surface area contributed by atoms with E-state index in [9.17, 15) is 14.4 Å². The lowest BCUT2D eigenvalue weighted by molar-refractivity contribution is -0.122. The van der Waals surface area contributed by atoms with E-state index in [0.29, 0.717) is 16.2 Å². The maximum atomic E-state index is 12.7. The summed E-state index contributed by atoms with van der Waals surface area (Å²) in [6, 6.07) is 14.8. The number of nitrogens with zero attached hydrogens (tertiary/aromatic N) is 2. The molecule has 1 fully saturated rings. The molecular formula is C23H19N3O4S. The maximum Gasteiger partial charge on any atom is 0.293 e. The zero-order chi connectivity index (χ0) is 21.8. The third-order valence-electron chi connectivity index (χ3n) is 4.79. The molecule has 1 aromatic heterocycles. The zero-order valence-corrected chi connectivity index (χ0v) is 17.5. The summed E-state index contributed by atoms with van der Waals surface area (Å²) in [5, 5.41) is 4.29. The first-order valence-electron chi connectivity index (χ1n) is 9.57. The van der Waals surface area contributed by atoms with Crippen molar-refractivity contribution in [2.45, 2.75) is 0 Å². The summed E-state index contributed by atoms with van der Waals surface area (Å²) in [5.41, 5.74) is 1.14. The molecule has 31 heavy (non-hydrogen) atoms. The van der Waals surface area contributed by atoms with Crippen LogP contribution >= 0.6 is 11.8 Å². The van der Waals surface area contributed by atoms with Crippen LogP contribution in [-0.2, 0) is 4.79 Å². The monoisotopic (exact) mass is 433 g/mol. The minimum atomic E-state index is -0.378. The van der Waals surface area contributed by atoms with Gasteiger partial charge < -0.3 is 10.1 Å². The van der Waals surface area contributed by atoms with E-state index in [0.717, 1.165) is 33.0 Å². The van der Waals surface area contributed by atoms with Crippen LogP contribution in [0.5, 0.6) is 5.75 Å². The summed E-state index contributed by atoms with van der Waals surface area (Å²) >= 11 is 0.877. The van der Waals surface area contributed by atoms with Crippen LogP contribution in [0.4, 0.5) is 4.79 Å². The van der Waals surface area contributed by atoms with E-state index in [4.69, 9.17) is 4.74 Å². The van der Waals surface area contributed by atoms with Gasteiger partial charge in [-0.05, 0) is 52.4 Å². The number of thioether (sulfide) groups is 1. The Morgan fingerprint density at radius 2 is 1.94 bits per heavy atom. The van der Waals surface area contributed by atoms with Gasteiger partial charge in [0.25, 0.3) is 17.1 Å². The molecule has 0 atom stereocenters. The number of methoxy groups -OCH3 is 1. The van der Waals surface area contributed by atoms with Crippen molar-refractivity contribution < 1.29 is 19.1 Å². The van der Waals surface area contributed by atoms with Crippen molar-refractivity contribution in [1.82, 2.24) is 15.2 Å². The van der Waals surface area contributed by atoms with E-state index < -0.39 is 0 Å². The van der Waals surface area contributed by atoms with Crippen molar-refractivity contribution in [3.8, 4) is 5.75 Å². The lowest BCUT2D eigenvalue weighted by atomic mass is 10.1. The number of benzene rings is 2. The Kier molecular flexibility index (Phi) is 5.99. The van der Waals surface area contributed by atoms with Crippen molar-refractivity contribution in [2.24, 2.45) is 0 Å². The molecule has 0 bridgehead atoms. The Hall–Kier alpha value is -3.65. The number of rotatable bonds is 6. The van der Waals surface area contributed by atoms with Crippen LogP contribution < -0.4 is 10.1 Å². The molecule has 0 unspecified atom stereocenters. The van der Waals surface area contributed by atoms with Gasteiger partial charge in [-0.2, -0.15) is 0 Å². The molecule has 0 aliphatic carbocycles. The van der Waals surface area contributed by atoms with Crippen LogP contribution in [0, 0.1) is 0 Å². The Labute approximate surface area is 183 Å². The molecule has 8 heteroatoms. The first-order chi connectivity index (χ1) is 15.1. The highest BCUT2D eigenvalue weighted by Crippen LogP contribution is 2.32. The Morgan fingerprint density at radius 3 is 2.65 bits per heavy atom. The Morgan fingerprint density at radius 1 is 1.16 bits per heavy atom. The van der Waals surface area contributed by atoms with E-state index in [1.807, 2.05) is 30.3 Å². The molecule has 0 spiro atoms. The lowest BCUT2D eigenvalue weighted by Gasteiger charge is -2.14. The van der Waals surface area contributed by atoms with Crippen LogP contribution in [0.2, 0.25) is 0 Å². The highest BCUT2D eigenvalue weighted by Gasteiger charge is 2.34. The first-order valence-corrected chi connectivity index (χ1v) is 10.4. The number of imide groups is 1. The van der Waals surface area contributed by atoms with E-state index in [2.05, 4.69) is 10.3 Å². The van der Waals surface area contributed by atoms with Crippen molar-refractivity contribution in [3.05, 3.63) is 77.0 Å². The normalized spacial score (nSPS) is 15.0. The summed E-state index contributed by atoms with van der Waals surface area (Å²) in [5.74, 6) is -0.251. The summed E-state index contributed by atoms with van der Waals surface area (Å²) in [6.07, 6.45) is 4.89. The summed E-state index contributed by atoms with van der Waals surface area (Å²) in [7, 11) is 1.51. The number of aromatic nitrogens is 1. The predicted octanol–water partition coefficient (Wildman–Crippen LogP) is 3.71. The molecule has 1 saturated heterocycles. The largest absolute Gasteiger partial charge is 0.496 e. The van der Waals surface area contributed by atoms with Crippen molar-refractivity contribution in [2.75, 3.05) is 20.2 Å². The number of carbonyl (C=O) groups excluding carboxylic acids is 3. The Bertz CT molecular complexity index is 1190. The number of ether oxygens (including phenoxy) is 1. The van der Waals surface area contributed by atoms with Gasteiger partial charge in [0.15, 0.2) is 0 Å². The summed E-state index contributed by atoms with van der Waals surface area (Å²) in [4.78, 5) is 43.0. The zero-order valence-electron chi connectivity index (χ0n) is 16.7. The predicted molar refractivity (Wildman–Crippen MR) is 120 cm³/mol. The molecule has 1 N–H and O–H groups in total. The number of nitrogens with one attached hydrogen (secondary N) is 1. The molecule has 1 aliphatic rings. The average Bonchev–Trinajstić information content (AvgIpc) is 3.06. The second kappa shape index (κ2) is 9.01. The molecule has 2 heterocycles. The van der Waals surface area contributed by atoms with E-state index in [-0.39, 0.29) is 30.1 Å². The van der Waals surface area contributed by atoms with Crippen LogP contribution in [0.25, 0.3) is 16.8 Å². The van der Waals surface area contributed by atoms with Crippen LogP contribution in [0.3, 0.4) is 0 Å². The third kappa shape index (κ3) is 4.44. The van der Waals surface area contributed by atoms with Gasteiger partial charge >= 0.3 is 0 Å². The fourth-order valence-electron chi connectivity index (χ4n) is 3.25. The molecule has 4 rings (SSSR count). The van der Waals surface area contributed by atoms with Crippen LogP contribution in [0.15, 0.2) is 65.8 Å². The van der Waals surface area contributed by atoms with E-state index in [1.165, 1.54) is 7.11 Å². The highest BCUT2D eigenvalue weighted by molar-refractivity contribution is 8.18. The van der Waals surface area contributed by atoms with Crippen molar-refractivity contribution in [3.63, 3.8) is 0 Å². The standard InChI is InChI=1S/C23H19N3O4S/c1-30-19-13-17-7-3-2-6-16(17)12-18(19)21(27)25-9-10-26-22(28)20(31-23(26)29)11-15-5-4-8-24-14-15/h2-8,11-14H,9-10H2,1H3,(H,25,27)/b20-11-. The van der Waals surface area contributed by atoms with E-state index >= 15 is 0 Å². The smallest absolute Gasteiger partial charge is 0.293 e. The van der Waals surface area contributed by atoms with Crippen LogP contribution in [0.1, 0.15) is 15.9 Å². The molecule has 1 aliphatic heterocycles. The lowest BCUT2D eigenvalue weighted by Crippen LogP contribution is -2.37. The van der Waals surface area contributed by atoms with Gasteiger partial charge in [-0.3, -0.25) is 24.3 Å². The number of carbonyl (C=O) groups is 3. The van der Waals surface area contributed by atoms with Gasteiger partial charge in [0.2, 0.25) is 0 Å². The average molecular weight is 433 g/mol. The fourth-order valence-corrected chi connectivity index (χ4v) is 4.11. The van der Waals surface area contributed by atoms with Gasteiger partial charge in [-0.1, -0.05) is 30.3 Å². The van der Waals surface area contributed by atoms with Crippen molar-refractivity contribution >= 4 is 45.7 Å². The second-order valence-corrected chi connectivity index (χ2v) is 7.77. The number of fused-ring (bicyclic) bond motifs is 1. The topological polar surface area (TPSA) is 88.6 Å². The molecule has 3 amide bonds. The number of pyridine rings is 1. The van der Waals surface area contributed by atoms with Gasteiger partial charge in [0, 0.05) is 25.5 Å². The van der Waals surface area contributed by atoms with E-state index in [1.54, 1.807) is 36.7 Å². The molecular weight excluding hydrogens is 414 g/mol. The second-order valence-electron chi connectivity index (χ2n) is 6.78. The van der Waals surface area contributed by atoms with Gasteiger partial charge in [0.05, 0.1) is 17.6 Å². The summed E-state index contributed by atoms with van der Waals surface area (Å²) < 4.78 is 5.36. The van der Waals surface area contributed by atoms with Crippen LogP contribution in [-0.4, -0.2) is 47.1 Å². The maximum absolute atomic E-state index is 12.7. The molecule has 0 saturated carbocycles. The number of hydrogen-bond donors (Lipinski definition) is 1. The first kappa shape index (κ1) is 20.6. The molecule has 3 aromatic rings. The third-order valence-corrected chi connectivity index (χ3v) is 5.70. The molecule has 7 nitrogen and oxygen atoms in total. The molecule has 156 valence electrons. The fraction of sp³-hybridized carbons (Fsp3) is 0.130. The minimum Gasteiger partial charge on any atom is -0.496 e. The van der Waals surface area contributed by atoms with Gasteiger partial charge in [-0.15, -0.1) is 0 Å². The molecule has 2 aromatic carbocycles. The molecule has 0 radical (unpaired) electrons. The van der Waals surface area contributed by atoms with Gasteiger partial charge in [-0.25, -0.2) is 0 Å².